The van der Waals surface area contributed by atoms with Crippen LogP contribution in [0.4, 0.5) is 35.1 Å². The monoisotopic (exact) mass is 353 g/mol. The summed E-state index contributed by atoms with van der Waals surface area (Å²) in [7, 11) is -7.00. The molecule has 0 rings (SSSR count). The molecule has 0 bridgehead atoms. The van der Waals surface area contributed by atoms with Crippen molar-refractivity contribution in [2.45, 2.75) is 29.9 Å². The number of hydrogen-bond donors (Lipinski definition) is 2. The summed E-state index contributed by atoms with van der Waals surface area (Å²) in [4.78, 5) is 0. The Bertz CT molecular complexity index is 457. The molecule has 0 atom stereocenters. The Morgan fingerprint density at radius 2 is 1.33 bits per heavy atom. The quantitative estimate of drug-likeness (QED) is 0.452. The number of rotatable bonds is 5. The molecular weight excluding hydrogens is 342 g/mol. The molecule has 0 saturated carbocycles. The van der Waals surface area contributed by atoms with Crippen molar-refractivity contribution in [1.82, 2.24) is 0 Å². The van der Waals surface area contributed by atoms with Gasteiger partial charge in [0, 0.05) is 13.5 Å². The van der Waals surface area contributed by atoms with Crippen LogP contribution in [-0.4, -0.2) is 42.5 Å². The summed E-state index contributed by atoms with van der Waals surface area (Å²) in [6.45, 7) is 3.13. The van der Waals surface area contributed by atoms with Crippen molar-refractivity contribution in [2.75, 3.05) is 6.54 Å². The van der Waals surface area contributed by atoms with Crippen LogP contribution in [0.3, 0.4) is 0 Å². The van der Waals surface area contributed by atoms with Crippen LogP contribution in [0.1, 0.15) is 6.92 Å². The van der Waals surface area contributed by atoms with E-state index >= 15 is 0 Å². The van der Waals surface area contributed by atoms with E-state index in [2.05, 4.69) is 6.58 Å². The van der Waals surface area contributed by atoms with Crippen LogP contribution in [0.2, 0.25) is 0 Å². The second kappa shape index (κ2) is 6.44. The second-order valence-electron chi connectivity index (χ2n) is 3.55. The summed E-state index contributed by atoms with van der Waals surface area (Å²) in [5.74, 6) is -19.3. The van der Waals surface area contributed by atoms with Crippen LogP contribution in [0.25, 0.3) is 0 Å². The molecule has 0 radical (unpaired) electrons. The summed E-state index contributed by atoms with van der Waals surface area (Å²) >= 11 is 0. The van der Waals surface area contributed by atoms with Crippen molar-refractivity contribution in [3.05, 3.63) is 12.7 Å². The highest BCUT2D eigenvalue weighted by molar-refractivity contribution is 7.87. The third kappa shape index (κ3) is 4.26. The topological polar surface area (TPSA) is 80.4 Å². The van der Waals surface area contributed by atoms with E-state index < -0.39 is 40.1 Å². The van der Waals surface area contributed by atoms with Gasteiger partial charge in [-0.15, -0.1) is 6.58 Å². The van der Waals surface area contributed by atoms with Gasteiger partial charge in [0.25, 0.3) is 0 Å². The Labute approximate surface area is 114 Å². The molecule has 0 aliphatic carbocycles. The van der Waals surface area contributed by atoms with E-state index in [-0.39, 0.29) is 0 Å². The van der Waals surface area contributed by atoms with Crippen molar-refractivity contribution < 1.29 is 48.1 Å². The van der Waals surface area contributed by atoms with Crippen molar-refractivity contribution in [3.8, 4) is 0 Å². The van der Waals surface area contributed by atoms with Crippen LogP contribution >= 0.6 is 0 Å². The first-order valence-electron chi connectivity index (χ1n) is 4.71. The summed E-state index contributed by atoms with van der Waals surface area (Å²) in [5, 5.41) is -6.76. The molecule has 0 fully saturated rings. The largest absolute Gasteiger partial charge is 0.438 e. The van der Waals surface area contributed by atoms with Gasteiger partial charge in [0.2, 0.25) is 0 Å². The molecule has 0 spiro atoms. The third-order valence-corrected chi connectivity index (χ3v) is 2.71. The molecule has 128 valence electrons. The molecule has 0 aliphatic heterocycles. The van der Waals surface area contributed by atoms with Gasteiger partial charge in [0.1, 0.15) is 0 Å². The Hall–Kier alpha value is -0.950. The van der Waals surface area contributed by atoms with Crippen LogP contribution in [0.5, 0.6) is 0 Å². The fraction of sp³-hybridized carbons (Fsp3) is 0.750. The molecule has 0 aromatic carbocycles. The summed E-state index contributed by atoms with van der Waals surface area (Å²) in [6, 6.07) is 0. The standard InChI is InChI=1S/C5H4F8O3S.C3H7N/c1-2(6,7)3(8,9)4(10,11)5(12,13)17(14,15)16;1-2-3-4/h1H3,(H,14,15,16);2H,1,3-4H2. The van der Waals surface area contributed by atoms with E-state index in [9.17, 15) is 43.5 Å². The summed E-state index contributed by atoms with van der Waals surface area (Å²) < 4.78 is 126. The molecule has 0 heterocycles. The Morgan fingerprint density at radius 3 is 1.48 bits per heavy atom. The van der Waals surface area contributed by atoms with Crippen molar-refractivity contribution >= 4 is 10.1 Å². The maximum atomic E-state index is 12.5. The lowest BCUT2D eigenvalue weighted by Gasteiger charge is -2.33. The van der Waals surface area contributed by atoms with Crippen molar-refractivity contribution in [2.24, 2.45) is 5.73 Å². The van der Waals surface area contributed by atoms with E-state index in [4.69, 9.17) is 10.3 Å². The van der Waals surface area contributed by atoms with E-state index in [1.54, 1.807) is 6.08 Å². The average molecular weight is 353 g/mol. The molecule has 13 heteroatoms. The summed E-state index contributed by atoms with van der Waals surface area (Å²) in [5.41, 5.74) is 4.91. The Morgan fingerprint density at radius 1 is 1.05 bits per heavy atom. The van der Waals surface area contributed by atoms with Gasteiger partial charge in [-0.25, -0.2) is 0 Å². The fourth-order valence-corrected chi connectivity index (χ4v) is 1.07. The lowest BCUT2D eigenvalue weighted by atomic mass is 10.1. The number of halogens is 8. The zero-order valence-electron chi connectivity index (χ0n) is 10.3. The normalized spacial score (nSPS) is 14.2. The lowest BCUT2D eigenvalue weighted by Crippen LogP contribution is -2.63. The lowest BCUT2D eigenvalue weighted by molar-refractivity contribution is -0.343. The average Bonchev–Trinajstić information content (AvgIpc) is 2.25. The minimum absolute atomic E-state index is 0.583. The van der Waals surface area contributed by atoms with Gasteiger partial charge in [-0.2, -0.15) is 43.5 Å². The van der Waals surface area contributed by atoms with Gasteiger partial charge in [-0.05, 0) is 0 Å². The highest BCUT2D eigenvalue weighted by atomic mass is 32.2. The minimum atomic E-state index is -7.00. The zero-order valence-corrected chi connectivity index (χ0v) is 11.1. The van der Waals surface area contributed by atoms with Gasteiger partial charge in [-0.3, -0.25) is 4.55 Å². The molecule has 0 aromatic rings. The molecule has 4 nitrogen and oxygen atoms in total. The van der Waals surface area contributed by atoms with Crippen LogP contribution in [-0.2, 0) is 10.1 Å². The van der Waals surface area contributed by atoms with Crippen LogP contribution in [0.15, 0.2) is 12.7 Å². The van der Waals surface area contributed by atoms with E-state index in [1.807, 2.05) is 0 Å². The molecule has 0 aromatic heterocycles. The zero-order chi connectivity index (χ0) is 17.9. The SMILES string of the molecule is C=CCN.CC(F)(F)C(F)(F)C(F)(F)C(F)(F)S(=O)(=O)O. The van der Waals surface area contributed by atoms with Crippen molar-refractivity contribution in [3.63, 3.8) is 0 Å². The van der Waals surface area contributed by atoms with E-state index in [0.29, 0.717) is 6.54 Å². The highest BCUT2D eigenvalue weighted by Crippen LogP contribution is 2.53. The molecule has 0 saturated heterocycles. The van der Waals surface area contributed by atoms with Gasteiger partial charge >= 0.3 is 33.1 Å². The Kier molecular flexibility index (Phi) is 6.85. The first kappa shape index (κ1) is 22.3. The fourth-order valence-electron chi connectivity index (χ4n) is 0.620. The van der Waals surface area contributed by atoms with Gasteiger partial charge < -0.3 is 5.73 Å². The van der Waals surface area contributed by atoms with Crippen LogP contribution in [0, 0.1) is 0 Å². The van der Waals surface area contributed by atoms with Gasteiger partial charge in [0.15, 0.2) is 0 Å². The smallest absolute Gasteiger partial charge is 0.327 e. The molecule has 0 aliphatic rings. The predicted octanol–water partition coefficient (Wildman–Crippen LogP) is 2.52. The maximum absolute atomic E-state index is 12.5. The summed E-state index contributed by atoms with van der Waals surface area (Å²) in [6.07, 6.45) is 1.65. The number of nitrogens with two attached hydrogens (primary N) is 1. The van der Waals surface area contributed by atoms with Gasteiger partial charge in [0.05, 0.1) is 0 Å². The van der Waals surface area contributed by atoms with E-state index in [0.717, 1.165) is 0 Å². The van der Waals surface area contributed by atoms with Gasteiger partial charge in [-0.1, -0.05) is 6.08 Å². The molecular formula is C8H11F8NO3S. The third-order valence-electron chi connectivity index (χ3n) is 1.80. The number of hydrogen-bond acceptors (Lipinski definition) is 3. The number of alkyl halides is 8. The molecule has 21 heavy (non-hydrogen) atoms. The van der Waals surface area contributed by atoms with E-state index in [1.165, 1.54) is 0 Å². The molecule has 0 unspecified atom stereocenters. The van der Waals surface area contributed by atoms with Crippen LogP contribution < -0.4 is 5.73 Å². The van der Waals surface area contributed by atoms with Crippen molar-refractivity contribution in [1.29, 1.82) is 0 Å². The first-order valence-corrected chi connectivity index (χ1v) is 6.15. The predicted molar refractivity (Wildman–Crippen MR) is 56.3 cm³/mol. The highest BCUT2D eigenvalue weighted by Gasteiger charge is 2.83. The molecule has 0 amide bonds. The maximum Gasteiger partial charge on any atom is 0.438 e. The Balaban J connectivity index is 0. The molecule has 3 N–H and O–H groups in total. The first-order chi connectivity index (χ1) is 8.91. The second-order valence-corrected chi connectivity index (χ2v) is 5.02. The minimum Gasteiger partial charge on any atom is -0.327 e.